The number of benzene rings is 2. The van der Waals surface area contributed by atoms with Crippen molar-refractivity contribution in [2.75, 3.05) is 0 Å². The smallest absolute Gasteiger partial charge is 0.344 e. The molecule has 0 saturated carbocycles. The van der Waals surface area contributed by atoms with Crippen molar-refractivity contribution in [3.63, 3.8) is 0 Å². The summed E-state index contributed by atoms with van der Waals surface area (Å²) < 4.78 is 5.94. The minimum absolute atomic E-state index is 0.403. The second-order valence-corrected chi connectivity index (χ2v) is 5.03. The van der Waals surface area contributed by atoms with Crippen LogP contribution in [-0.2, 0) is 0 Å². The van der Waals surface area contributed by atoms with Crippen LogP contribution in [-0.4, -0.2) is 18.2 Å². The molecule has 2 rings (SSSR count). The van der Waals surface area contributed by atoms with Gasteiger partial charge in [0.1, 0.15) is 5.75 Å². The summed E-state index contributed by atoms with van der Waals surface area (Å²) in [6.45, 7) is 0. The molecule has 3 N–H and O–H groups in total. The van der Waals surface area contributed by atoms with Gasteiger partial charge in [-0.25, -0.2) is 15.0 Å². The van der Waals surface area contributed by atoms with Crippen LogP contribution in [0.4, 0.5) is 4.79 Å². The van der Waals surface area contributed by atoms with Crippen LogP contribution < -0.4 is 15.9 Å². The summed E-state index contributed by atoms with van der Waals surface area (Å²) in [6.07, 6.45) is 1.42. The number of esters is 1. The highest BCUT2D eigenvalue weighted by atomic mass is 79.9. The van der Waals surface area contributed by atoms with E-state index in [-0.39, 0.29) is 0 Å². The molecule has 22 heavy (non-hydrogen) atoms. The summed E-state index contributed by atoms with van der Waals surface area (Å²) in [4.78, 5) is 22.5. The topological polar surface area (TPSA) is 93.8 Å². The van der Waals surface area contributed by atoms with Crippen molar-refractivity contribution in [2.24, 2.45) is 10.8 Å². The molecule has 0 spiro atoms. The predicted octanol–water partition coefficient (Wildman–Crippen LogP) is 2.67. The second-order valence-electron chi connectivity index (χ2n) is 4.17. The Bertz CT molecular complexity index is 714. The number of nitrogens with two attached hydrogens (primary N) is 1. The minimum Gasteiger partial charge on any atom is -0.423 e. The van der Waals surface area contributed by atoms with Crippen molar-refractivity contribution in [3.05, 3.63) is 64.1 Å². The van der Waals surface area contributed by atoms with Gasteiger partial charge in [-0.1, -0.05) is 12.1 Å². The SMILES string of the molecule is NC(=O)NN=Cc1ccc(OC(=O)c2ccccc2Br)cc1. The van der Waals surface area contributed by atoms with E-state index in [1.54, 1.807) is 42.5 Å². The van der Waals surface area contributed by atoms with Crippen LogP contribution >= 0.6 is 15.9 Å². The van der Waals surface area contributed by atoms with Crippen molar-refractivity contribution >= 4 is 34.1 Å². The molecule has 0 atom stereocenters. The molecular weight excluding hydrogens is 350 g/mol. The maximum atomic E-state index is 12.0. The van der Waals surface area contributed by atoms with Crippen molar-refractivity contribution in [1.29, 1.82) is 0 Å². The number of carbonyl (C=O) groups is 2. The number of rotatable bonds is 4. The van der Waals surface area contributed by atoms with E-state index in [0.717, 1.165) is 5.56 Å². The molecule has 0 heterocycles. The average Bonchev–Trinajstić information content (AvgIpc) is 2.49. The quantitative estimate of drug-likeness (QED) is 0.379. The van der Waals surface area contributed by atoms with Crippen molar-refractivity contribution < 1.29 is 14.3 Å². The highest BCUT2D eigenvalue weighted by Crippen LogP contribution is 2.19. The maximum Gasteiger partial charge on any atom is 0.344 e. The number of hydrazone groups is 1. The summed E-state index contributed by atoms with van der Waals surface area (Å²) in [7, 11) is 0. The molecule has 0 radical (unpaired) electrons. The third kappa shape index (κ3) is 4.42. The molecule has 0 saturated heterocycles. The van der Waals surface area contributed by atoms with Crippen LogP contribution in [0, 0.1) is 0 Å². The molecule has 0 aromatic heterocycles. The van der Waals surface area contributed by atoms with Gasteiger partial charge in [-0.05, 0) is 57.9 Å². The molecule has 2 aromatic rings. The summed E-state index contributed by atoms with van der Waals surface area (Å²) in [5.41, 5.74) is 8.12. The van der Waals surface area contributed by atoms with Crippen LogP contribution in [0.25, 0.3) is 0 Å². The Balaban J connectivity index is 2.02. The average molecular weight is 362 g/mol. The van der Waals surface area contributed by atoms with Gasteiger partial charge < -0.3 is 10.5 Å². The minimum atomic E-state index is -0.741. The largest absolute Gasteiger partial charge is 0.423 e. The maximum absolute atomic E-state index is 12.0. The summed E-state index contributed by atoms with van der Waals surface area (Å²) in [5.74, 6) is -0.0509. The van der Waals surface area contributed by atoms with Gasteiger partial charge in [0.15, 0.2) is 0 Å². The van der Waals surface area contributed by atoms with Crippen LogP contribution in [0.15, 0.2) is 58.1 Å². The fourth-order valence-corrected chi connectivity index (χ4v) is 2.03. The molecule has 2 aromatic carbocycles. The lowest BCUT2D eigenvalue weighted by molar-refractivity contribution is 0.0734. The Morgan fingerprint density at radius 1 is 1.14 bits per heavy atom. The first-order chi connectivity index (χ1) is 10.6. The lowest BCUT2D eigenvalue weighted by Crippen LogP contribution is -2.24. The van der Waals surface area contributed by atoms with Crippen LogP contribution in [0.5, 0.6) is 5.75 Å². The molecule has 2 amide bonds. The Morgan fingerprint density at radius 2 is 1.82 bits per heavy atom. The Morgan fingerprint density at radius 3 is 2.45 bits per heavy atom. The molecule has 0 unspecified atom stereocenters. The van der Waals surface area contributed by atoms with Gasteiger partial charge in [-0.15, -0.1) is 0 Å². The number of carbonyl (C=O) groups excluding carboxylic acids is 2. The van der Waals surface area contributed by atoms with E-state index in [0.29, 0.717) is 15.8 Å². The molecule has 0 aliphatic rings. The summed E-state index contributed by atoms with van der Waals surface area (Å²) in [6, 6.07) is 12.9. The monoisotopic (exact) mass is 361 g/mol. The normalized spacial score (nSPS) is 10.4. The van der Waals surface area contributed by atoms with Gasteiger partial charge in [-0.3, -0.25) is 0 Å². The van der Waals surface area contributed by atoms with E-state index in [1.165, 1.54) is 6.21 Å². The summed E-state index contributed by atoms with van der Waals surface area (Å²) >= 11 is 3.30. The van der Waals surface area contributed by atoms with Gasteiger partial charge >= 0.3 is 12.0 Å². The fraction of sp³-hybridized carbons (Fsp3) is 0. The number of halogens is 1. The van der Waals surface area contributed by atoms with Crippen molar-refractivity contribution in [1.82, 2.24) is 5.43 Å². The molecular formula is C15H12BrN3O3. The first kappa shape index (κ1) is 15.7. The molecule has 0 bridgehead atoms. The van der Waals surface area contributed by atoms with E-state index >= 15 is 0 Å². The van der Waals surface area contributed by atoms with E-state index in [9.17, 15) is 9.59 Å². The van der Waals surface area contributed by atoms with Gasteiger partial charge in [0.2, 0.25) is 0 Å². The molecule has 0 fully saturated rings. The van der Waals surface area contributed by atoms with Gasteiger partial charge in [0.25, 0.3) is 0 Å². The fourth-order valence-electron chi connectivity index (χ4n) is 1.58. The lowest BCUT2D eigenvalue weighted by atomic mass is 10.2. The second kappa shape index (κ2) is 7.37. The third-order valence-electron chi connectivity index (χ3n) is 2.57. The zero-order valence-electron chi connectivity index (χ0n) is 11.3. The number of nitrogens with one attached hydrogen (secondary N) is 1. The Labute approximate surface area is 135 Å². The van der Waals surface area contributed by atoms with E-state index in [1.807, 2.05) is 6.07 Å². The number of urea groups is 1. The molecule has 7 heteroatoms. The van der Waals surface area contributed by atoms with Gasteiger partial charge in [0.05, 0.1) is 11.8 Å². The highest BCUT2D eigenvalue weighted by molar-refractivity contribution is 9.10. The number of amides is 2. The first-order valence-electron chi connectivity index (χ1n) is 6.21. The van der Waals surface area contributed by atoms with Crippen LogP contribution in [0.3, 0.4) is 0 Å². The highest BCUT2D eigenvalue weighted by Gasteiger charge is 2.11. The molecule has 112 valence electrons. The van der Waals surface area contributed by atoms with Crippen molar-refractivity contribution in [3.8, 4) is 5.75 Å². The number of hydrogen-bond donors (Lipinski definition) is 2. The van der Waals surface area contributed by atoms with E-state index < -0.39 is 12.0 Å². The van der Waals surface area contributed by atoms with Crippen LogP contribution in [0.2, 0.25) is 0 Å². The van der Waals surface area contributed by atoms with E-state index in [2.05, 4.69) is 26.5 Å². The van der Waals surface area contributed by atoms with E-state index in [4.69, 9.17) is 10.5 Å². The standard InChI is InChI=1S/C15H12BrN3O3/c16-13-4-2-1-3-12(13)14(20)22-11-7-5-10(6-8-11)9-18-19-15(17)21/h1-9H,(H3,17,19,21). The number of primary amides is 1. The lowest BCUT2D eigenvalue weighted by Gasteiger charge is -2.06. The molecule has 0 aliphatic carbocycles. The van der Waals surface area contributed by atoms with Gasteiger partial charge in [0, 0.05) is 4.47 Å². The molecule has 0 aliphatic heterocycles. The third-order valence-corrected chi connectivity index (χ3v) is 3.26. The number of ether oxygens (including phenoxy) is 1. The number of nitrogens with zero attached hydrogens (tertiary/aromatic N) is 1. The molecule has 6 nitrogen and oxygen atoms in total. The Hall–Kier alpha value is -2.67. The number of hydrogen-bond acceptors (Lipinski definition) is 4. The predicted molar refractivity (Wildman–Crippen MR) is 85.9 cm³/mol. The first-order valence-corrected chi connectivity index (χ1v) is 7.01. The van der Waals surface area contributed by atoms with Crippen molar-refractivity contribution in [2.45, 2.75) is 0 Å². The Kier molecular flexibility index (Phi) is 5.26. The zero-order chi connectivity index (χ0) is 15.9. The van der Waals surface area contributed by atoms with Crippen LogP contribution in [0.1, 0.15) is 15.9 Å². The summed E-state index contributed by atoms with van der Waals surface area (Å²) in [5, 5.41) is 3.63. The van der Waals surface area contributed by atoms with Gasteiger partial charge in [-0.2, -0.15) is 5.10 Å². The zero-order valence-corrected chi connectivity index (χ0v) is 12.9.